The van der Waals surface area contributed by atoms with E-state index in [0.717, 1.165) is 11.3 Å². The molecule has 5 nitrogen and oxygen atoms in total. The topological polar surface area (TPSA) is 74.2 Å². The van der Waals surface area contributed by atoms with Gasteiger partial charge in [-0.3, -0.25) is 0 Å². The fourth-order valence-electron chi connectivity index (χ4n) is 1.68. The van der Waals surface area contributed by atoms with E-state index in [9.17, 15) is 0 Å². The van der Waals surface area contributed by atoms with Gasteiger partial charge in [-0.15, -0.1) is 5.10 Å². The van der Waals surface area contributed by atoms with Crippen LogP contribution in [0.15, 0.2) is 28.7 Å². The number of nitrogens with zero attached hydrogens (tertiary/aromatic N) is 2. The van der Waals surface area contributed by atoms with E-state index in [1.165, 1.54) is 0 Å². The Hall–Kier alpha value is -2.04. The van der Waals surface area contributed by atoms with Crippen molar-refractivity contribution >= 4 is 6.01 Å². The standard InChI is InChI=1S/C13H17N3O2/c1-13(2,3)9-6-4-5-7-10(9)17-8-11-15-16-12(14)18-11/h4-7H,8H2,1-3H3,(H2,14,16). The third kappa shape index (κ3) is 2.80. The number of nitrogens with two attached hydrogens (primary N) is 1. The summed E-state index contributed by atoms with van der Waals surface area (Å²) in [5.74, 6) is 1.19. The molecule has 0 amide bonds. The number of aromatic nitrogens is 2. The zero-order valence-corrected chi connectivity index (χ0v) is 10.8. The van der Waals surface area contributed by atoms with E-state index in [1.54, 1.807) is 0 Å². The van der Waals surface area contributed by atoms with Gasteiger partial charge in [-0.05, 0) is 17.0 Å². The second-order valence-corrected chi connectivity index (χ2v) is 5.07. The summed E-state index contributed by atoms with van der Waals surface area (Å²) in [5, 5.41) is 7.34. The molecule has 0 atom stereocenters. The monoisotopic (exact) mass is 247 g/mol. The molecule has 96 valence electrons. The van der Waals surface area contributed by atoms with Gasteiger partial charge < -0.3 is 14.9 Å². The lowest BCUT2D eigenvalue weighted by molar-refractivity contribution is 0.259. The van der Waals surface area contributed by atoms with E-state index in [4.69, 9.17) is 14.9 Å². The van der Waals surface area contributed by atoms with Crippen LogP contribution in [0.5, 0.6) is 5.75 Å². The fourth-order valence-corrected chi connectivity index (χ4v) is 1.68. The van der Waals surface area contributed by atoms with Crippen LogP contribution in [0.2, 0.25) is 0 Å². The van der Waals surface area contributed by atoms with Crippen LogP contribution in [0.1, 0.15) is 32.2 Å². The SMILES string of the molecule is CC(C)(C)c1ccccc1OCc1nnc(N)o1. The summed E-state index contributed by atoms with van der Waals surface area (Å²) in [6.07, 6.45) is 0. The molecule has 0 aliphatic carbocycles. The molecule has 0 fully saturated rings. The van der Waals surface area contributed by atoms with Crippen molar-refractivity contribution in [2.75, 3.05) is 5.73 Å². The van der Waals surface area contributed by atoms with Crippen molar-refractivity contribution in [1.29, 1.82) is 0 Å². The number of anilines is 1. The number of nitrogen functional groups attached to an aromatic ring is 1. The minimum Gasteiger partial charge on any atom is -0.484 e. The summed E-state index contributed by atoms with van der Waals surface area (Å²) in [4.78, 5) is 0. The maximum atomic E-state index is 5.71. The van der Waals surface area contributed by atoms with Crippen molar-refractivity contribution in [1.82, 2.24) is 10.2 Å². The van der Waals surface area contributed by atoms with E-state index in [-0.39, 0.29) is 18.0 Å². The molecule has 0 spiro atoms. The van der Waals surface area contributed by atoms with Gasteiger partial charge in [0.25, 0.3) is 5.89 Å². The van der Waals surface area contributed by atoms with E-state index in [0.29, 0.717) is 5.89 Å². The lowest BCUT2D eigenvalue weighted by Gasteiger charge is -2.22. The summed E-state index contributed by atoms with van der Waals surface area (Å²) in [6.45, 7) is 6.64. The maximum Gasteiger partial charge on any atom is 0.312 e. The number of benzene rings is 1. The van der Waals surface area contributed by atoms with Gasteiger partial charge in [0.2, 0.25) is 0 Å². The van der Waals surface area contributed by atoms with Crippen LogP contribution < -0.4 is 10.5 Å². The Morgan fingerprint density at radius 1 is 1.22 bits per heavy atom. The number of rotatable bonds is 3. The lowest BCUT2D eigenvalue weighted by atomic mass is 9.86. The minimum absolute atomic E-state index is 0.0183. The third-order valence-corrected chi connectivity index (χ3v) is 2.53. The van der Waals surface area contributed by atoms with Crippen molar-refractivity contribution in [2.45, 2.75) is 32.8 Å². The Labute approximate surface area is 106 Å². The number of hydrogen-bond donors (Lipinski definition) is 1. The highest BCUT2D eigenvalue weighted by Crippen LogP contribution is 2.31. The first-order valence-electron chi connectivity index (χ1n) is 5.77. The fraction of sp³-hybridized carbons (Fsp3) is 0.385. The molecule has 1 heterocycles. The smallest absolute Gasteiger partial charge is 0.312 e. The maximum absolute atomic E-state index is 5.71. The molecule has 1 aromatic heterocycles. The predicted octanol–water partition coefficient (Wildman–Crippen LogP) is 2.53. The van der Waals surface area contributed by atoms with E-state index in [1.807, 2.05) is 18.2 Å². The van der Waals surface area contributed by atoms with Crippen LogP contribution in [-0.2, 0) is 12.0 Å². The van der Waals surface area contributed by atoms with Gasteiger partial charge in [0.05, 0.1) is 0 Å². The highest BCUT2D eigenvalue weighted by molar-refractivity contribution is 5.38. The molecular weight excluding hydrogens is 230 g/mol. The molecule has 5 heteroatoms. The first-order valence-corrected chi connectivity index (χ1v) is 5.77. The lowest BCUT2D eigenvalue weighted by Crippen LogP contribution is -2.13. The highest BCUT2D eigenvalue weighted by atomic mass is 16.5. The third-order valence-electron chi connectivity index (χ3n) is 2.53. The van der Waals surface area contributed by atoms with Gasteiger partial charge in [0.15, 0.2) is 6.61 Å². The molecule has 0 bridgehead atoms. The quantitative estimate of drug-likeness (QED) is 0.902. The van der Waals surface area contributed by atoms with E-state index in [2.05, 4.69) is 37.0 Å². The van der Waals surface area contributed by atoms with E-state index >= 15 is 0 Å². The minimum atomic E-state index is 0.0183. The molecule has 0 aliphatic rings. The molecule has 0 radical (unpaired) electrons. The molecule has 18 heavy (non-hydrogen) atoms. The average Bonchev–Trinajstić information content (AvgIpc) is 2.72. The molecule has 0 saturated heterocycles. The van der Waals surface area contributed by atoms with Crippen molar-refractivity contribution < 1.29 is 9.15 Å². The largest absolute Gasteiger partial charge is 0.484 e. The van der Waals surface area contributed by atoms with Crippen LogP contribution in [0.25, 0.3) is 0 Å². The summed E-state index contributed by atoms with van der Waals surface area (Å²) in [5.41, 5.74) is 6.51. The van der Waals surface area contributed by atoms with Crippen molar-refractivity contribution in [2.24, 2.45) is 0 Å². The van der Waals surface area contributed by atoms with Gasteiger partial charge in [-0.25, -0.2) is 0 Å². The zero-order chi connectivity index (χ0) is 13.2. The van der Waals surface area contributed by atoms with Crippen LogP contribution in [0.4, 0.5) is 6.01 Å². The average molecular weight is 247 g/mol. The molecule has 0 saturated carbocycles. The Morgan fingerprint density at radius 2 is 1.94 bits per heavy atom. The number of ether oxygens (including phenoxy) is 1. The van der Waals surface area contributed by atoms with Gasteiger partial charge in [-0.1, -0.05) is 44.1 Å². The molecule has 0 aliphatic heterocycles. The van der Waals surface area contributed by atoms with Crippen LogP contribution in [-0.4, -0.2) is 10.2 Å². The summed E-state index contributed by atoms with van der Waals surface area (Å²) < 4.78 is 10.8. The van der Waals surface area contributed by atoms with Crippen molar-refractivity contribution in [3.63, 3.8) is 0 Å². The normalized spacial score (nSPS) is 11.5. The van der Waals surface area contributed by atoms with Crippen molar-refractivity contribution in [3.8, 4) is 5.75 Å². The second kappa shape index (κ2) is 4.68. The van der Waals surface area contributed by atoms with Crippen LogP contribution in [0, 0.1) is 0 Å². The van der Waals surface area contributed by atoms with Gasteiger partial charge in [0, 0.05) is 0 Å². The van der Waals surface area contributed by atoms with Gasteiger partial charge in [0.1, 0.15) is 5.75 Å². The molecule has 2 N–H and O–H groups in total. The van der Waals surface area contributed by atoms with Crippen LogP contribution >= 0.6 is 0 Å². The second-order valence-electron chi connectivity index (χ2n) is 5.07. The Morgan fingerprint density at radius 3 is 2.56 bits per heavy atom. The summed E-state index contributed by atoms with van der Waals surface area (Å²) in [6, 6.07) is 7.97. The molecule has 1 aromatic carbocycles. The first-order chi connectivity index (χ1) is 8.47. The zero-order valence-electron chi connectivity index (χ0n) is 10.8. The van der Waals surface area contributed by atoms with Gasteiger partial charge in [-0.2, -0.15) is 0 Å². The highest BCUT2D eigenvalue weighted by Gasteiger charge is 2.18. The summed E-state index contributed by atoms with van der Waals surface area (Å²) >= 11 is 0. The first kappa shape index (κ1) is 12.4. The van der Waals surface area contributed by atoms with Gasteiger partial charge >= 0.3 is 6.01 Å². The van der Waals surface area contributed by atoms with E-state index < -0.39 is 0 Å². The molecule has 2 aromatic rings. The molecular formula is C13H17N3O2. The number of para-hydroxylation sites is 1. The predicted molar refractivity (Wildman–Crippen MR) is 68.2 cm³/mol. The Bertz CT molecular complexity index is 529. The Kier molecular flexibility index (Phi) is 3.23. The van der Waals surface area contributed by atoms with Crippen molar-refractivity contribution in [3.05, 3.63) is 35.7 Å². The van der Waals surface area contributed by atoms with Crippen LogP contribution in [0.3, 0.4) is 0 Å². The molecule has 0 unspecified atom stereocenters. The summed E-state index contributed by atoms with van der Waals surface area (Å²) in [7, 11) is 0. The number of hydrogen-bond acceptors (Lipinski definition) is 5. The molecule has 2 rings (SSSR count). The Balaban J connectivity index is 2.14.